The maximum Gasteiger partial charge on any atom is 0.258 e. The molecule has 4 nitrogen and oxygen atoms in total. The van der Waals surface area contributed by atoms with Crippen molar-refractivity contribution in [3.63, 3.8) is 0 Å². The summed E-state index contributed by atoms with van der Waals surface area (Å²) in [6, 6.07) is 6.13. The molecule has 3 rings (SSSR count). The van der Waals surface area contributed by atoms with Crippen LogP contribution >= 0.6 is 0 Å². The molecule has 2 aliphatic rings. The number of piperidine rings is 1. The van der Waals surface area contributed by atoms with E-state index in [0.717, 1.165) is 12.3 Å². The first-order valence-corrected chi connectivity index (χ1v) is 11.3. The molecule has 156 valence electrons. The Bertz CT molecular complexity index is 644. The number of benzene rings is 1. The molecule has 1 N–H and O–H groups in total. The molecule has 0 radical (unpaired) electrons. The van der Waals surface area contributed by atoms with Gasteiger partial charge in [-0.1, -0.05) is 45.6 Å². The van der Waals surface area contributed by atoms with Crippen LogP contribution in [0, 0.1) is 6.92 Å². The van der Waals surface area contributed by atoms with Gasteiger partial charge in [0.15, 0.2) is 6.61 Å². The lowest BCUT2D eigenvalue weighted by molar-refractivity contribution is -0.124. The molecule has 1 aromatic carbocycles. The van der Waals surface area contributed by atoms with E-state index in [1.54, 1.807) is 0 Å². The van der Waals surface area contributed by atoms with Crippen LogP contribution in [0.5, 0.6) is 5.75 Å². The zero-order chi connectivity index (χ0) is 20.0. The van der Waals surface area contributed by atoms with Crippen LogP contribution in [0.4, 0.5) is 0 Å². The molecular weight excluding hydrogens is 348 g/mol. The summed E-state index contributed by atoms with van der Waals surface area (Å²) in [4.78, 5) is 15.2. The largest absolute Gasteiger partial charge is 0.484 e. The summed E-state index contributed by atoms with van der Waals surface area (Å²) in [5, 5.41) is 3.20. The number of nitrogens with zero attached hydrogens (tertiary/aromatic N) is 1. The topological polar surface area (TPSA) is 41.6 Å². The zero-order valence-corrected chi connectivity index (χ0v) is 18.1. The minimum absolute atomic E-state index is 0.00690. The highest BCUT2D eigenvalue weighted by Crippen LogP contribution is 2.35. The molecule has 28 heavy (non-hydrogen) atoms. The molecule has 1 aliphatic carbocycles. The summed E-state index contributed by atoms with van der Waals surface area (Å²) < 4.78 is 5.78. The van der Waals surface area contributed by atoms with Crippen molar-refractivity contribution in [2.24, 2.45) is 0 Å². The summed E-state index contributed by atoms with van der Waals surface area (Å²) in [5.74, 6) is 1.27. The number of amides is 1. The number of carbonyl (C=O) groups is 1. The van der Waals surface area contributed by atoms with Crippen LogP contribution in [-0.4, -0.2) is 42.6 Å². The van der Waals surface area contributed by atoms with E-state index in [2.05, 4.69) is 37.1 Å². The standard InChI is InChI=1S/C24H38N2O2/c1-19(2)22-11-10-21(16-20(22)3)28-17-23(27)25-18-24(12-6-4-7-13-24)26-14-8-5-9-15-26/h10-11,16,19H,4-9,12-15,17-18H2,1-3H3,(H,25,27). The number of hydrogen-bond donors (Lipinski definition) is 1. The molecule has 0 unspecified atom stereocenters. The highest BCUT2D eigenvalue weighted by molar-refractivity contribution is 5.77. The van der Waals surface area contributed by atoms with E-state index >= 15 is 0 Å². The molecule has 0 atom stereocenters. The van der Waals surface area contributed by atoms with Gasteiger partial charge in [0.2, 0.25) is 0 Å². The van der Waals surface area contributed by atoms with Crippen molar-refractivity contribution in [3.8, 4) is 5.75 Å². The van der Waals surface area contributed by atoms with Gasteiger partial charge in [-0.15, -0.1) is 0 Å². The van der Waals surface area contributed by atoms with Crippen LogP contribution in [0.15, 0.2) is 18.2 Å². The minimum Gasteiger partial charge on any atom is -0.484 e. The third-order valence-electron chi connectivity index (χ3n) is 6.66. The Hall–Kier alpha value is -1.55. The van der Waals surface area contributed by atoms with Crippen LogP contribution in [0.25, 0.3) is 0 Å². The van der Waals surface area contributed by atoms with Gasteiger partial charge < -0.3 is 10.1 Å². The second-order valence-corrected chi connectivity index (χ2v) is 9.07. The van der Waals surface area contributed by atoms with Crippen LogP contribution in [0.1, 0.15) is 82.3 Å². The number of likely N-dealkylation sites (tertiary alicyclic amines) is 1. The highest BCUT2D eigenvalue weighted by Gasteiger charge is 2.38. The lowest BCUT2D eigenvalue weighted by atomic mass is 9.79. The predicted molar refractivity (Wildman–Crippen MR) is 115 cm³/mol. The normalized spacial score (nSPS) is 20.1. The Morgan fingerprint density at radius 3 is 2.43 bits per heavy atom. The van der Waals surface area contributed by atoms with Crippen molar-refractivity contribution in [1.29, 1.82) is 0 Å². The quantitative estimate of drug-likeness (QED) is 0.732. The summed E-state index contributed by atoms with van der Waals surface area (Å²) in [5.41, 5.74) is 2.72. The fourth-order valence-corrected chi connectivity index (χ4v) is 5.03. The maximum atomic E-state index is 12.5. The maximum absolute atomic E-state index is 12.5. The lowest BCUT2D eigenvalue weighted by Gasteiger charge is -2.48. The number of rotatable bonds is 7. The molecule has 1 aliphatic heterocycles. The fraction of sp³-hybridized carbons (Fsp3) is 0.708. The van der Waals surface area contributed by atoms with Crippen molar-refractivity contribution >= 4 is 5.91 Å². The molecule has 1 aromatic rings. The van der Waals surface area contributed by atoms with Gasteiger partial charge in [-0.05, 0) is 74.9 Å². The molecule has 1 saturated carbocycles. The minimum atomic E-state index is -0.00690. The van der Waals surface area contributed by atoms with Crippen LogP contribution in [0.3, 0.4) is 0 Å². The van der Waals surface area contributed by atoms with Gasteiger partial charge in [-0.3, -0.25) is 9.69 Å². The van der Waals surface area contributed by atoms with Gasteiger partial charge in [-0.2, -0.15) is 0 Å². The van der Waals surface area contributed by atoms with Crippen molar-refractivity contribution in [2.75, 3.05) is 26.2 Å². The molecule has 1 heterocycles. The molecule has 1 amide bonds. The number of aryl methyl sites for hydroxylation is 1. The van der Waals surface area contributed by atoms with Crippen LogP contribution in [0.2, 0.25) is 0 Å². The smallest absolute Gasteiger partial charge is 0.258 e. The van der Waals surface area contributed by atoms with Crippen molar-refractivity contribution in [1.82, 2.24) is 10.2 Å². The second kappa shape index (κ2) is 9.78. The molecule has 0 aromatic heterocycles. The first kappa shape index (κ1) is 21.2. The third-order valence-corrected chi connectivity index (χ3v) is 6.66. The Morgan fingerprint density at radius 2 is 1.79 bits per heavy atom. The highest BCUT2D eigenvalue weighted by atomic mass is 16.5. The van der Waals surface area contributed by atoms with Crippen LogP contribution < -0.4 is 10.1 Å². The van der Waals surface area contributed by atoms with Crippen LogP contribution in [-0.2, 0) is 4.79 Å². The average Bonchev–Trinajstić information content (AvgIpc) is 2.72. The molecule has 1 saturated heterocycles. The van der Waals surface area contributed by atoms with E-state index < -0.39 is 0 Å². The van der Waals surface area contributed by atoms with E-state index in [1.165, 1.54) is 75.6 Å². The third kappa shape index (κ3) is 5.28. The number of nitrogens with one attached hydrogen (secondary N) is 1. The van der Waals surface area contributed by atoms with Crippen molar-refractivity contribution in [2.45, 2.75) is 83.6 Å². The van der Waals surface area contributed by atoms with E-state index in [-0.39, 0.29) is 18.1 Å². The van der Waals surface area contributed by atoms with Gasteiger partial charge in [0.05, 0.1) is 0 Å². The van der Waals surface area contributed by atoms with Gasteiger partial charge in [0, 0.05) is 12.1 Å². The Kier molecular flexibility index (Phi) is 7.39. The molecule has 2 fully saturated rings. The summed E-state index contributed by atoms with van der Waals surface area (Å²) in [6.45, 7) is 9.73. The fourth-order valence-electron chi connectivity index (χ4n) is 5.03. The number of carbonyl (C=O) groups excluding carboxylic acids is 1. The van der Waals surface area contributed by atoms with E-state index in [1.807, 2.05) is 12.1 Å². The SMILES string of the molecule is Cc1cc(OCC(=O)NCC2(N3CCCCC3)CCCCC2)ccc1C(C)C. The predicted octanol–water partition coefficient (Wildman–Crippen LogP) is 4.80. The molecule has 0 bridgehead atoms. The van der Waals surface area contributed by atoms with Gasteiger partial charge in [0.25, 0.3) is 5.91 Å². The molecule has 4 heteroatoms. The lowest BCUT2D eigenvalue weighted by Crippen LogP contribution is -2.58. The monoisotopic (exact) mass is 386 g/mol. The van der Waals surface area contributed by atoms with E-state index in [9.17, 15) is 4.79 Å². The molecule has 0 spiro atoms. The first-order chi connectivity index (χ1) is 13.5. The first-order valence-electron chi connectivity index (χ1n) is 11.3. The number of hydrogen-bond acceptors (Lipinski definition) is 3. The van der Waals surface area contributed by atoms with Gasteiger partial charge >= 0.3 is 0 Å². The van der Waals surface area contributed by atoms with E-state index in [4.69, 9.17) is 4.74 Å². The van der Waals surface area contributed by atoms with Gasteiger partial charge in [-0.25, -0.2) is 0 Å². The summed E-state index contributed by atoms with van der Waals surface area (Å²) >= 11 is 0. The summed E-state index contributed by atoms with van der Waals surface area (Å²) in [6.07, 6.45) is 10.3. The van der Waals surface area contributed by atoms with Crippen molar-refractivity contribution < 1.29 is 9.53 Å². The second-order valence-electron chi connectivity index (χ2n) is 9.07. The Morgan fingerprint density at radius 1 is 1.11 bits per heavy atom. The Balaban J connectivity index is 1.52. The van der Waals surface area contributed by atoms with E-state index in [0.29, 0.717) is 5.92 Å². The zero-order valence-electron chi connectivity index (χ0n) is 18.1. The number of ether oxygens (including phenoxy) is 1. The van der Waals surface area contributed by atoms with Crippen molar-refractivity contribution in [3.05, 3.63) is 29.3 Å². The summed E-state index contributed by atoms with van der Waals surface area (Å²) in [7, 11) is 0. The molecular formula is C24H38N2O2. The van der Waals surface area contributed by atoms with Gasteiger partial charge in [0.1, 0.15) is 5.75 Å². The Labute approximate surface area is 171 Å². The average molecular weight is 387 g/mol.